The second-order valence-corrected chi connectivity index (χ2v) is 8.25. The third kappa shape index (κ3) is 5.82. The van der Waals surface area contributed by atoms with Gasteiger partial charge in [-0.2, -0.15) is 13.2 Å². The van der Waals surface area contributed by atoms with Crippen LogP contribution < -0.4 is 9.80 Å². The van der Waals surface area contributed by atoms with E-state index < -0.39 is 18.0 Å². The average molecular weight is 509 g/mol. The summed E-state index contributed by atoms with van der Waals surface area (Å²) in [4.78, 5) is 30.9. The number of carbonyl (C=O) groups is 1. The van der Waals surface area contributed by atoms with Gasteiger partial charge in [0.05, 0.1) is 31.9 Å². The van der Waals surface area contributed by atoms with E-state index in [9.17, 15) is 18.0 Å². The number of hydrogen-bond acceptors (Lipinski definition) is 7. The number of alkyl halides is 3. The van der Waals surface area contributed by atoms with Crippen molar-refractivity contribution in [2.45, 2.75) is 72.8 Å². The van der Waals surface area contributed by atoms with Gasteiger partial charge in [-0.3, -0.25) is 9.88 Å². The predicted octanol–water partition coefficient (Wildman–Crippen LogP) is 5.06. The van der Waals surface area contributed by atoms with Gasteiger partial charge in [0.15, 0.2) is 0 Å². The van der Waals surface area contributed by atoms with E-state index in [2.05, 4.69) is 19.9 Å². The molecule has 2 fully saturated rings. The van der Waals surface area contributed by atoms with Crippen LogP contribution in [0.25, 0.3) is 0 Å². The Kier molecular flexibility index (Phi) is 8.97. The first-order valence-electron chi connectivity index (χ1n) is 12.7. The van der Waals surface area contributed by atoms with Crippen LogP contribution in [0.1, 0.15) is 63.8 Å². The Morgan fingerprint density at radius 3 is 2.36 bits per heavy atom. The van der Waals surface area contributed by atoms with E-state index >= 15 is 0 Å². The average Bonchev–Trinajstić information content (AvgIpc) is 3.26. The molecule has 0 radical (unpaired) electrons. The van der Waals surface area contributed by atoms with Crippen molar-refractivity contribution in [2.75, 3.05) is 36.0 Å². The Hall–Kier alpha value is -3.11. The lowest BCUT2D eigenvalue weighted by Gasteiger charge is -2.40. The quantitative estimate of drug-likeness (QED) is 0.572. The fraction of sp³-hybridized carbons (Fsp3) is 0.600. The molecule has 36 heavy (non-hydrogen) atoms. The number of anilines is 2. The Balaban J connectivity index is 0.000000861. The monoisotopic (exact) mass is 508 g/mol. The third-order valence-electron chi connectivity index (χ3n) is 6.05. The van der Waals surface area contributed by atoms with E-state index in [0.717, 1.165) is 61.1 Å². The van der Waals surface area contributed by atoms with Gasteiger partial charge in [0.1, 0.15) is 23.4 Å². The van der Waals surface area contributed by atoms with Gasteiger partial charge in [0.2, 0.25) is 0 Å². The third-order valence-corrected chi connectivity index (χ3v) is 6.05. The number of rotatable bonds is 4. The molecule has 1 amide bonds. The number of hydrogen-bond donors (Lipinski definition) is 0. The first-order chi connectivity index (χ1) is 17.3. The van der Waals surface area contributed by atoms with E-state index in [0.29, 0.717) is 31.9 Å². The summed E-state index contributed by atoms with van der Waals surface area (Å²) < 4.78 is 44.2. The SMILES string of the molecule is CC.CC.CCc1nc2c(c(N3CCC3)n1)CN(C(=O)OC1CN(c3ccnc(C(F)(F)F)c3)C1)C2. The topological polar surface area (TPSA) is 74.7 Å². The highest BCUT2D eigenvalue weighted by Crippen LogP contribution is 2.34. The first-order valence-corrected chi connectivity index (χ1v) is 12.7. The molecule has 5 heterocycles. The molecule has 0 atom stereocenters. The molecule has 0 saturated carbocycles. The van der Waals surface area contributed by atoms with Crippen molar-refractivity contribution < 1.29 is 22.7 Å². The molecular formula is C25H35F3N6O2. The predicted molar refractivity (Wildman–Crippen MR) is 132 cm³/mol. The molecule has 0 spiro atoms. The summed E-state index contributed by atoms with van der Waals surface area (Å²) in [6.07, 6.45) is -2.31. The number of aromatic nitrogens is 3. The molecule has 2 aromatic rings. The van der Waals surface area contributed by atoms with E-state index in [4.69, 9.17) is 4.74 Å². The molecule has 0 aromatic carbocycles. The van der Waals surface area contributed by atoms with Crippen LogP contribution in [0, 0.1) is 0 Å². The van der Waals surface area contributed by atoms with Crippen molar-refractivity contribution in [1.29, 1.82) is 0 Å². The molecule has 0 unspecified atom stereocenters. The van der Waals surface area contributed by atoms with Crippen molar-refractivity contribution in [3.63, 3.8) is 0 Å². The largest absolute Gasteiger partial charge is 0.442 e. The van der Waals surface area contributed by atoms with Crippen LogP contribution in [0.15, 0.2) is 18.3 Å². The highest BCUT2D eigenvalue weighted by Gasteiger charge is 2.37. The molecule has 3 aliphatic heterocycles. The van der Waals surface area contributed by atoms with Crippen LogP contribution in [0.4, 0.5) is 29.5 Å². The summed E-state index contributed by atoms with van der Waals surface area (Å²) in [6, 6.07) is 2.53. The van der Waals surface area contributed by atoms with Gasteiger partial charge in [-0.1, -0.05) is 34.6 Å². The summed E-state index contributed by atoms with van der Waals surface area (Å²) in [5.74, 6) is 1.69. The minimum absolute atomic E-state index is 0.340. The Bertz CT molecular complexity index is 1040. The maximum Gasteiger partial charge on any atom is 0.433 e. The van der Waals surface area contributed by atoms with E-state index in [1.54, 1.807) is 9.80 Å². The number of fused-ring (bicyclic) bond motifs is 1. The number of aryl methyl sites for hydroxylation is 1. The zero-order chi connectivity index (χ0) is 26.5. The van der Waals surface area contributed by atoms with E-state index in [-0.39, 0.29) is 6.10 Å². The molecular weight excluding hydrogens is 473 g/mol. The molecule has 3 aliphatic rings. The summed E-state index contributed by atoms with van der Waals surface area (Å²) >= 11 is 0. The molecule has 11 heteroatoms. The fourth-order valence-electron chi connectivity index (χ4n) is 4.08. The standard InChI is InChI=1S/C21H23F3N6O2.2C2H6/c1-2-18-26-16-12-30(11-15(16)19(27-18)28-6-3-7-28)20(31)32-14-9-29(10-14)13-4-5-25-17(8-13)21(22,23)24;2*1-2/h4-5,8,14H,2-3,6-7,9-12H2,1H3;2*1-2H3. The van der Waals surface area contributed by atoms with Crippen LogP contribution in [0.5, 0.6) is 0 Å². The van der Waals surface area contributed by atoms with Gasteiger partial charge < -0.3 is 14.5 Å². The Morgan fingerprint density at radius 1 is 1.08 bits per heavy atom. The van der Waals surface area contributed by atoms with Gasteiger partial charge in [-0.25, -0.2) is 14.8 Å². The lowest BCUT2D eigenvalue weighted by Crippen LogP contribution is -2.54. The fourth-order valence-corrected chi connectivity index (χ4v) is 4.08. The lowest BCUT2D eigenvalue weighted by molar-refractivity contribution is -0.141. The number of nitrogens with zero attached hydrogens (tertiary/aromatic N) is 6. The maximum absolute atomic E-state index is 12.9. The van der Waals surface area contributed by atoms with E-state index in [1.807, 2.05) is 34.6 Å². The minimum Gasteiger partial charge on any atom is -0.442 e. The molecule has 0 aliphatic carbocycles. The smallest absolute Gasteiger partial charge is 0.433 e. The van der Waals surface area contributed by atoms with Crippen molar-refractivity contribution >= 4 is 17.6 Å². The molecule has 198 valence electrons. The highest BCUT2D eigenvalue weighted by atomic mass is 19.4. The number of amides is 1. The summed E-state index contributed by atoms with van der Waals surface area (Å²) in [6.45, 7) is 13.4. The van der Waals surface area contributed by atoms with Crippen LogP contribution in [0.2, 0.25) is 0 Å². The molecule has 2 saturated heterocycles. The Morgan fingerprint density at radius 2 is 1.78 bits per heavy atom. The van der Waals surface area contributed by atoms with Crippen LogP contribution in [-0.4, -0.2) is 58.2 Å². The van der Waals surface area contributed by atoms with Crippen LogP contribution in [0.3, 0.4) is 0 Å². The minimum atomic E-state index is -4.49. The summed E-state index contributed by atoms with van der Waals surface area (Å²) in [7, 11) is 0. The Labute approximate surface area is 210 Å². The van der Waals surface area contributed by atoms with Crippen LogP contribution in [-0.2, 0) is 30.4 Å². The lowest BCUT2D eigenvalue weighted by atomic mass is 10.1. The van der Waals surface area contributed by atoms with Crippen molar-refractivity contribution in [3.8, 4) is 0 Å². The molecule has 5 rings (SSSR count). The van der Waals surface area contributed by atoms with Gasteiger partial charge in [0.25, 0.3) is 0 Å². The molecule has 2 aromatic heterocycles. The van der Waals surface area contributed by atoms with E-state index in [1.165, 1.54) is 6.07 Å². The van der Waals surface area contributed by atoms with Gasteiger partial charge >= 0.3 is 12.3 Å². The normalized spacial score (nSPS) is 16.6. The summed E-state index contributed by atoms with van der Waals surface area (Å²) in [5.41, 5.74) is 1.32. The first kappa shape index (κ1) is 27.5. The molecule has 0 bridgehead atoms. The number of pyridine rings is 1. The molecule has 0 N–H and O–H groups in total. The zero-order valence-corrected chi connectivity index (χ0v) is 21.6. The van der Waals surface area contributed by atoms with Crippen LogP contribution >= 0.6 is 0 Å². The van der Waals surface area contributed by atoms with Gasteiger partial charge in [-0.15, -0.1) is 0 Å². The summed E-state index contributed by atoms with van der Waals surface area (Å²) in [5, 5.41) is 0. The highest BCUT2D eigenvalue weighted by molar-refractivity contribution is 5.70. The number of carbonyl (C=O) groups excluding carboxylic acids is 1. The molecule has 8 nitrogen and oxygen atoms in total. The van der Waals surface area contributed by atoms with Crippen molar-refractivity contribution in [3.05, 3.63) is 41.1 Å². The number of halogens is 3. The van der Waals surface area contributed by atoms with Gasteiger partial charge in [-0.05, 0) is 18.6 Å². The zero-order valence-electron chi connectivity index (χ0n) is 21.6. The second kappa shape index (κ2) is 11.7. The van der Waals surface area contributed by atoms with Crippen molar-refractivity contribution in [2.24, 2.45) is 0 Å². The van der Waals surface area contributed by atoms with Crippen molar-refractivity contribution in [1.82, 2.24) is 19.9 Å². The second-order valence-electron chi connectivity index (χ2n) is 8.25. The number of ether oxygens (including phenoxy) is 1. The van der Waals surface area contributed by atoms with Gasteiger partial charge in [0, 0.05) is 37.0 Å². The maximum atomic E-state index is 12.9.